The number of carbonyl (C=O) groups is 1. The fourth-order valence-electron chi connectivity index (χ4n) is 2.27. The molecule has 1 saturated heterocycles. The Morgan fingerprint density at radius 2 is 2.18 bits per heavy atom. The lowest BCUT2D eigenvalue weighted by Crippen LogP contribution is -2.47. The molecule has 1 heterocycles. The number of rotatable bonds is 5. The van der Waals surface area contributed by atoms with Crippen LogP contribution in [0.5, 0.6) is 0 Å². The molecule has 0 radical (unpaired) electrons. The summed E-state index contributed by atoms with van der Waals surface area (Å²) in [5.41, 5.74) is 0. The molecular formula is C13H27N3O. The van der Waals surface area contributed by atoms with Gasteiger partial charge in [0.25, 0.3) is 0 Å². The van der Waals surface area contributed by atoms with Crippen molar-refractivity contribution in [2.45, 2.75) is 45.2 Å². The second kappa shape index (κ2) is 6.97. The Morgan fingerprint density at radius 1 is 1.47 bits per heavy atom. The van der Waals surface area contributed by atoms with Gasteiger partial charge in [0, 0.05) is 31.6 Å². The van der Waals surface area contributed by atoms with Crippen LogP contribution in [0.2, 0.25) is 0 Å². The number of likely N-dealkylation sites (N-methyl/N-ethyl adjacent to an activating group) is 1. The van der Waals surface area contributed by atoms with Gasteiger partial charge in [-0.3, -0.25) is 4.79 Å². The second-order valence-electron chi connectivity index (χ2n) is 5.67. The van der Waals surface area contributed by atoms with E-state index in [9.17, 15) is 4.79 Å². The van der Waals surface area contributed by atoms with Crippen LogP contribution in [0, 0.1) is 5.92 Å². The molecule has 0 spiro atoms. The fourth-order valence-corrected chi connectivity index (χ4v) is 2.27. The molecule has 4 nitrogen and oxygen atoms in total. The van der Waals surface area contributed by atoms with E-state index in [2.05, 4.69) is 43.5 Å². The van der Waals surface area contributed by atoms with Crippen molar-refractivity contribution in [3.05, 3.63) is 0 Å². The monoisotopic (exact) mass is 241 g/mol. The number of nitrogens with zero attached hydrogens (tertiary/aromatic N) is 1. The summed E-state index contributed by atoms with van der Waals surface area (Å²) in [6, 6.07) is 0.797. The number of amides is 1. The first kappa shape index (κ1) is 14.5. The van der Waals surface area contributed by atoms with Crippen molar-refractivity contribution in [1.82, 2.24) is 15.5 Å². The Balaban J connectivity index is 2.49. The molecule has 1 fully saturated rings. The van der Waals surface area contributed by atoms with Gasteiger partial charge in [0.15, 0.2) is 0 Å². The van der Waals surface area contributed by atoms with Crippen LogP contribution in [0.15, 0.2) is 0 Å². The maximum Gasteiger partial charge on any atom is 0.221 e. The molecule has 0 bridgehead atoms. The summed E-state index contributed by atoms with van der Waals surface area (Å²) in [5, 5.41) is 6.58. The van der Waals surface area contributed by atoms with Crippen LogP contribution in [-0.4, -0.2) is 50.1 Å². The number of carbonyl (C=O) groups excluding carboxylic acids is 1. The highest BCUT2D eigenvalue weighted by atomic mass is 16.1. The van der Waals surface area contributed by atoms with E-state index in [0.29, 0.717) is 24.4 Å². The third kappa shape index (κ3) is 5.50. The summed E-state index contributed by atoms with van der Waals surface area (Å²) >= 11 is 0. The molecule has 1 amide bonds. The Bertz CT molecular complexity index is 241. The summed E-state index contributed by atoms with van der Waals surface area (Å²) in [6.07, 6.45) is 2.79. The smallest absolute Gasteiger partial charge is 0.221 e. The zero-order valence-electron chi connectivity index (χ0n) is 11.6. The van der Waals surface area contributed by atoms with E-state index in [-0.39, 0.29) is 5.91 Å². The third-order valence-corrected chi connectivity index (χ3v) is 3.30. The number of nitrogens with one attached hydrogen (secondary N) is 2. The van der Waals surface area contributed by atoms with Crippen LogP contribution in [0.3, 0.4) is 0 Å². The summed E-state index contributed by atoms with van der Waals surface area (Å²) in [5.74, 6) is 0.774. The lowest BCUT2D eigenvalue weighted by molar-refractivity contribution is -0.121. The first-order chi connectivity index (χ1) is 7.99. The predicted molar refractivity (Wildman–Crippen MR) is 71.0 cm³/mol. The van der Waals surface area contributed by atoms with Crippen LogP contribution in [0.1, 0.15) is 33.1 Å². The lowest BCUT2D eigenvalue weighted by atomic mass is 10.0. The van der Waals surface area contributed by atoms with Gasteiger partial charge >= 0.3 is 0 Å². The quantitative estimate of drug-likeness (QED) is 0.749. The maximum atomic E-state index is 11.5. The molecule has 0 aromatic rings. The van der Waals surface area contributed by atoms with E-state index in [1.807, 2.05) is 0 Å². The van der Waals surface area contributed by atoms with Crippen molar-refractivity contribution in [2.24, 2.45) is 5.92 Å². The Labute approximate surface area is 105 Å². The van der Waals surface area contributed by atoms with Crippen molar-refractivity contribution in [3.63, 3.8) is 0 Å². The molecule has 100 valence electrons. The third-order valence-electron chi connectivity index (χ3n) is 3.30. The van der Waals surface area contributed by atoms with Crippen LogP contribution in [0.25, 0.3) is 0 Å². The van der Waals surface area contributed by atoms with Crippen molar-refractivity contribution in [2.75, 3.05) is 27.2 Å². The minimum absolute atomic E-state index is 0.187. The molecule has 2 atom stereocenters. The normalized spacial score (nSPS) is 23.6. The first-order valence-electron chi connectivity index (χ1n) is 6.66. The molecular weight excluding hydrogens is 214 g/mol. The summed E-state index contributed by atoms with van der Waals surface area (Å²) in [4.78, 5) is 13.7. The number of hydrogen-bond donors (Lipinski definition) is 2. The summed E-state index contributed by atoms with van der Waals surface area (Å²) in [7, 11) is 4.19. The molecule has 4 heteroatoms. The van der Waals surface area contributed by atoms with E-state index < -0.39 is 0 Å². The highest BCUT2D eigenvalue weighted by Gasteiger charge is 2.22. The molecule has 17 heavy (non-hydrogen) atoms. The zero-order valence-corrected chi connectivity index (χ0v) is 11.6. The van der Waals surface area contributed by atoms with Crippen molar-refractivity contribution in [1.29, 1.82) is 0 Å². The minimum atomic E-state index is 0.187. The summed E-state index contributed by atoms with van der Waals surface area (Å²) < 4.78 is 0. The minimum Gasteiger partial charge on any atom is -0.356 e. The Morgan fingerprint density at radius 3 is 2.76 bits per heavy atom. The van der Waals surface area contributed by atoms with Gasteiger partial charge in [-0.25, -0.2) is 0 Å². The molecule has 0 aromatic carbocycles. The van der Waals surface area contributed by atoms with Gasteiger partial charge in [-0.1, -0.05) is 13.8 Å². The molecule has 2 N–H and O–H groups in total. The highest BCUT2D eigenvalue weighted by molar-refractivity contribution is 5.76. The van der Waals surface area contributed by atoms with E-state index in [1.54, 1.807) is 0 Å². The molecule has 1 rings (SSSR count). The van der Waals surface area contributed by atoms with Gasteiger partial charge in [-0.2, -0.15) is 0 Å². The molecule has 2 unspecified atom stereocenters. The average Bonchev–Trinajstić information content (AvgIpc) is 2.41. The Kier molecular flexibility index (Phi) is 5.92. The van der Waals surface area contributed by atoms with Crippen molar-refractivity contribution in [3.8, 4) is 0 Å². The van der Waals surface area contributed by atoms with Crippen LogP contribution < -0.4 is 10.6 Å². The van der Waals surface area contributed by atoms with E-state index in [1.165, 1.54) is 0 Å². The molecule has 1 aliphatic rings. The number of hydrogen-bond acceptors (Lipinski definition) is 3. The van der Waals surface area contributed by atoms with Gasteiger partial charge in [0.1, 0.15) is 0 Å². The maximum absolute atomic E-state index is 11.5. The van der Waals surface area contributed by atoms with Gasteiger partial charge in [-0.15, -0.1) is 0 Å². The fraction of sp³-hybridized carbons (Fsp3) is 0.923. The standard InChI is InChI=1S/C13H27N3O/c1-10(2)12(9-16(3)4)15-11-6-5-7-14-13(17)8-11/h10-12,15H,5-9H2,1-4H3,(H,14,17). The molecule has 0 aliphatic carbocycles. The van der Waals surface area contributed by atoms with Gasteiger partial charge in [0.2, 0.25) is 5.91 Å². The van der Waals surface area contributed by atoms with Crippen LogP contribution in [-0.2, 0) is 4.79 Å². The first-order valence-corrected chi connectivity index (χ1v) is 6.66. The van der Waals surface area contributed by atoms with E-state index >= 15 is 0 Å². The van der Waals surface area contributed by atoms with Gasteiger partial charge in [0.05, 0.1) is 0 Å². The molecule has 1 aliphatic heterocycles. The predicted octanol–water partition coefficient (Wildman–Crippen LogP) is 0.831. The van der Waals surface area contributed by atoms with Gasteiger partial charge < -0.3 is 15.5 Å². The second-order valence-corrected chi connectivity index (χ2v) is 5.67. The zero-order chi connectivity index (χ0) is 12.8. The topological polar surface area (TPSA) is 44.4 Å². The SMILES string of the molecule is CC(C)C(CN(C)C)NC1CCCNC(=O)C1. The molecule has 0 aromatic heterocycles. The van der Waals surface area contributed by atoms with E-state index in [0.717, 1.165) is 25.9 Å². The van der Waals surface area contributed by atoms with Crippen LogP contribution >= 0.6 is 0 Å². The lowest BCUT2D eigenvalue weighted by Gasteiger charge is -2.29. The largest absolute Gasteiger partial charge is 0.356 e. The average molecular weight is 241 g/mol. The Hall–Kier alpha value is -0.610. The summed E-state index contributed by atoms with van der Waals surface area (Å²) in [6.45, 7) is 6.32. The van der Waals surface area contributed by atoms with Crippen molar-refractivity contribution < 1.29 is 4.79 Å². The molecule has 0 saturated carbocycles. The van der Waals surface area contributed by atoms with Gasteiger partial charge in [-0.05, 0) is 32.9 Å². The van der Waals surface area contributed by atoms with Crippen molar-refractivity contribution >= 4 is 5.91 Å². The van der Waals surface area contributed by atoms with Crippen LogP contribution in [0.4, 0.5) is 0 Å². The van der Waals surface area contributed by atoms with E-state index in [4.69, 9.17) is 0 Å². The highest BCUT2D eigenvalue weighted by Crippen LogP contribution is 2.11.